The number of Topliss-reactive ketones (excluding diaryl/α,β-unsaturated/α-hetero) is 1. The molecule has 2 nitrogen and oxygen atoms in total. The zero-order valence-electron chi connectivity index (χ0n) is 13.6. The summed E-state index contributed by atoms with van der Waals surface area (Å²) in [5.41, 5.74) is 8.69. The summed E-state index contributed by atoms with van der Waals surface area (Å²) in [6, 6.07) is 25.3. The van der Waals surface area contributed by atoms with Crippen LogP contribution in [-0.2, 0) is 0 Å². The van der Waals surface area contributed by atoms with Crippen LogP contribution in [0.5, 0.6) is 0 Å². The van der Waals surface area contributed by atoms with Crippen molar-refractivity contribution in [3.63, 3.8) is 0 Å². The Balaban J connectivity index is 1.87. The molecule has 0 amide bonds. The standard InChI is InChI=1S/C21H18BrNOS/c22-17-12-10-16(11-13-17)21(25-20-9-5-4-8-18(20)23)14-19(24)15-6-2-1-3-7-15/h1-13,21H,14,23H2/t21-/m0/s1. The molecule has 0 bridgehead atoms. The quantitative estimate of drug-likeness (QED) is 0.301. The third-order valence-electron chi connectivity index (χ3n) is 3.90. The molecular formula is C21H18BrNOS. The summed E-state index contributed by atoms with van der Waals surface area (Å²) in [5.74, 6) is 0.135. The molecule has 3 aromatic carbocycles. The first kappa shape index (κ1) is 17.8. The highest BCUT2D eigenvalue weighted by molar-refractivity contribution is 9.10. The van der Waals surface area contributed by atoms with Gasteiger partial charge >= 0.3 is 0 Å². The lowest BCUT2D eigenvalue weighted by Crippen LogP contribution is -2.06. The van der Waals surface area contributed by atoms with Gasteiger partial charge in [0.1, 0.15) is 0 Å². The minimum absolute atomic E-state index is 0.00510. The van der Waals surface area contributed by atoms with Gasteiger partial charge in [-0.15, -0.1) is 11.8 Å². The SMILES string of the molecule is Nc1ccccc1S[C@@H](CC(=O)c1ccccc1)c1ccc(Br)cc1. The lowest BCUT2D eigenvalue weighted by atomic mass is 10.0. The van der Waals surface area contributed by atoms with Crippen LogP contribution in [0.15, 0.2) is 88.2 Å². The fraction of sp³-hybridized carbons (Fsp3) is 0.0952. The molecule has 0 aliphatic carbocycles. The molecule has 0 heterocycles. The van der Waals surface area contributed by atoms with E-state index >= 15 is 0 Å². The Morgan fingerprint density at radius 1 is 0.920 bits per heavy atom. The molecule has 0 unspecified atom stereocenters. The normalized spacial score (nSPS) is 11.9. The Hall–Kier alpha value is -2.04. The number of ketones is 1. The molecule has 0 aliphatic rings. The van der Waals surface area contributed by atoms with Crippen LogP contribution in [0.3, 0.4) is 0 Å². The van der Waals surface area contributed by atoms with E-state index < -0.39 is 0 Å². The number of carbonyl (C=O) groups is 1. The maximum atomic E-state index is 12.7. The Bertz CT molecular complexity index is 849. The Labute approximate surface area is 160 Å². The number of benzene rings is 3. The van der Waals surface area contributed by atoms with Gasteiger partial charge in [0.15, 0.2) is 5.78 Å². The van der Waals surface area contributed by atoms with Crippen LogP contribution in [0.4, 0.5) is 5.69 Å². The molecule has 0 aliphatic heterocycles. The van der Waals surface area contributed by atoms with Crippen LogP contribution in [-0.4, -0.2) is 5.78 Å². The molecular weight excluding hydrogens is 394 g/mol. The average molecular weight is 412 g/mol. The van der Waals surface area contributed by atoms with Crippen LogP contribution < -0.4 is 5.73 Å². The molecule has 0 saturated carbocycles. The van der Waals surface area contributed by atoms with E-state index in [0.717, 1.165) is 26.2 Å². The molecule has 4 heteroatoms. The van der Waals surface area contributed by atoms with E-state index in [-0.39, 0.29) is 11.0 Å². The molecule has 0 radical (unpaired) electrons. The summed E-state index contributed by atoms with van der Waals surface area (Å²) in [7, 11) is 0. The highest BCUT2D eigenvalue weighted by atomic mass is 79.9. The number of anilines is 1. The number of hydrogen-bond acceptors (Lipinski definition) is 3. The minimum Gasteiger partial charge on any atom is -0.398 e. The molecule has 1 atom stereocenters. The van der Waals surface area contributed by atoms with Gasteiger partial charge in [0.25, 0.3) is 0 Å². The molecule has 3 rings (SSSR count). The zero-order chi connectivity index (χ0) is 17.6. The number of thioether (sulfide) groups is 1. The molecule has 25 heavy (non-hydrogen) atoms. The number of halogens is 1. The second-order valence-corrected chi connectivity index (χ2v) is 7.85. The zero-order valence-corrected chi connectivity index (χ0v) is 16.0. The van der Waals surface area contributed by atoms with Gasteiger partial charge in [-0.1, -0.05) is 70.5 Å². The number of nitrogens with two attached hydrogens (primary N) is 1. The highest BCUT2D eigenvalue weighted by Crippen LogP contribution is 2.41. The van der Waals surface area contributed by atoms with Crippen LogP contribution in [0.25, 0.3) is 0 Å². The first-order valence-corrected chi connectivity index (χ1v) is 9.65. The predicted molar refractivity (Wildman–Crippen MR) is 109 cm³/mol. The summed E-state index contributed by atoms with van der Waals surface area (Å²) in [5, 5.41) is 0.00510. The van der Waals surface area contributed by atoms with Gasteiger partial charge in [-0.3, -0.25) is 4.79 Å². The van der Waals surface area contributed by atoms with Crippen molar-refractivity contribution in [2.45, 2.75) is 16.6 Å². The summed E-state index contributed by atoms with van der Waals surface area (Å²) in [6.07, 6.45) is 0.421. The van der Waals surface area contributed by atoms with Gasteiger partial charge in [-0.2, -0.15) is 0 Å². The van der Waals surface area contributed by atoms with Crippen LogP contribution in [0, 0.1) is 0 Å². The largest absolute Gasteiger partial charge is 0.398 e. The van der Waals surface area contributed by atoms with Crippen molar-refractivity contribution >= 4 is 39.2 Å². The van der Waals surface area contributed by atoms with Gasteiger partial charge in [-0.05, 0) is 29.8 Å². The summed E-state index contributed by atoms with van der Waals surface area (Å²) in [6.45, 7) is 0. The fourth-order valence-corrected chi connectivity index (χ4v) is 4.02. The molecule has 0 saturated heterocycles. The van der Waals surface area contributed by atoms with Gasteiger partial charge in [0.2, 0.25) is 0 Å². The van der Waals surface area contributed by atoms with Crippen LogP contribution in [0.2, 0.25) is 0 Å². The van der Waals surface area contributed by atoms with Crippen LogP contribution in [0.1, 0.15) is 27.6 Å². The molecule has 0 spiro atoms. The number of carbonyl (C=O) groups excluding carboxylic acids is 1. The summed E-state index contributed by atoms with van der Waals surface area (Å²) in [4.78, 5) is 13.7. The first-order valence-electron chi connectivity index (χ1n) is 7.98. The molecule has 0 aromatic heterocycles. The molecule has 126 valence electrons. The van der Waals surface area contributed by atoms with Crippen molar-refractivity contribution < 1.29 is 4.79 Å². The molecule has 3 aromatic rings. The number of hydrogen-bond donors (Lipinski definition) is 1. The maximum Gasteiger partial charge on any atom is 0.164 e. The van der Waals surface area contributed by atoms with Gasteiger partial charge < -0.3 is 5.73 Å². The second kappa shape index (κ2) is 8.37. The summed E-state index contributed by atoms with van der Waals surface area (Å²) >= 11 is 5.10. The van der Waals surface area contributed by atoms with Gasteiger partial charge in [0.05, 0.1) is 0 Å². The van der Waals surface area contributed by atoms with E-state index in [4.69, 9.17) is 5.73 Å². The number of rotatable bonds is 6. The van der Waals surface area contributed by atoms with Crippen molar-refractivity contribution in [3.05, 3.63) is 94.5 Å². The van der Waals surface area contributed by atoms with E-state index in [0.29, 0.717) is 6.42 Å². The lowest BCUT2D eigenvalue weighted by Gasteiger charge is -2.18. The van der Waals surface area contributed by atoms with E-state index in [9.17, 15) is 4.79 Å². The molecule has 2 N–H and O–H groups in total. The van der Waals surface area contributed by atoms with Crippen LogP contribution >= 0.6 is 27.7 Å². The maximum absolute atomic E-state index is 12.7. The van der Waals surface area contributed by atoms with E-state index in [1.54, 1.807) is 11.8 Å². The first-order chi connectivity index (χ1) is 12.1. The van der Waals surface area contributed by atoms with Crippen molar-refractivity contribution in [3.8, 4) is 0 Å². The lowest BCUT2D eigenvalue weighted by molar-refractivity contribution is 0.0982. The Morgan fingerprint density at radius 3 is 2.24 bits per heavy atom. The predicted octanol–water partition coefficient (Wildman–Crippen LogP) is 6.14. The minimum atomic E-state index is 0.00510. The Morgan fingerprint density at radius 2 is 1.56 bits per heavy atom. The third kappa shape index (κ3) is 4.74. The van der Waals surface area contributed by atoms with E-state index in [2.05, 4.69) is 28.1 Å². The Kier molecular flexibility index (Phi) is 5.95. The number of nitrogen functional groups attached to an aromatic ring is 1. The third-order valence-corrected chi connectivity index (χ3v) is 5.77. The molecule has 0 fully saturated rings. The highest BCUT2D eigenvalue weighted by Gasteiger charge is 2.19. The van der Waals surface area contributed by atoms with Gasteiger partial charge in [-0.25, -0.2) is 0 Å². The number of para-hydroxylation sites is 1. The van der Waals surface area contributed by atoms with Crippen molar-refractivity contribution in [1.82, 2.24) is 0 Å². The van der Waals surface area contributed by atoms with Crippen molar-refractivity contribution in [1.29, 1.82) is 0 Å². The summed E-state index contributed by atoms with van der Waals surface area (Å²) < 4.78 is 1.02. The van der Waals surface area contributed by atoms with E-state index in [1.807, 2.05) is 66.7 Å². The topological polar surface area (TPSA) is 43.1 Å². The smallest absolute Gasteiger partial charge is 0.164 e. The van der Waals surface area contributed by atoms with Gasteiger partial charge in [0, 0.05) is 32.3 Å². The fourth-order valence-electron chi connectivity index (χ4n) is 2.56. The second-order valence-electron chi connectivity index (χ2n) is 5.69. The van der Waals surface area contributed by atoms with E-state index in [1.165, 1.54) is 0 Å². The average Bonchev–Trinajstić information content (AvgIpc) is 2.64. The van der Waals surface area contributed by atoms with Crippen molar-refractivity contribution in [2.75, 3.05) is 5.73 Å². The monoisotopic (exact) mass is 411 g/mol. The van der Waals surface area contributed by atoms with Crippen molar-refractivity contribution in [2.24, 2.45) is 0 Å².